The monoisotopic (exact) mass is 260 g/mol. The van der Waals surface area contributed by atoms with Crippen molar-refractivity contribution in [1.82, 2.24) is 9.97 Å². The molecule has 1 heterocycles. The van der Waals surface area contributed by atoms with Crippen LogP contribution in [0.5, 0.6) is 0 Å². The summed E-state index contributed by atoms with van der Waals surface area (Å²) in [6, 6.07) is 6.28. The quantitative estimate of drug-likeness (QED) is 0.816. The largest absolute Gasteiger partial charge is 0.336 e. The summed E-state index contributed by atoms with van der Waals surface area (Å²) in [4.78, 5) is 17.6. The Kier molecular flexibility index (Phi) is 3.48. The summed E-state index contributed by atoms with van der Waals surface area (Å²) in [5, 5.41) is 0. The van der Waals surface area contributed by atoms with Crippen LogP contribution in [0.4, 0.5) is 0 Å². The maximum absolute atomic E-state index is 11.9. The molecule has 0 saturated carbocycles. The summed E-state index contributed by atoms with van der Waals surface area (Å²) in [6.07, 6.45) is 0.626. The number of hydrogen-bond acceptors (Lipinski definition) is 2. The molecule has 0 aliphatic rings. The van der Waals surface area contributed by atoms with E-state index in [0.29, 0.717) is 11.2 Å². The summed E-state index contributed by atoms with van der Waals surface area (Å²) in [6.45, 7) is 5.99. The highest BCUT2D eigenvalue weighted by atomic mass is 32.1. The van der Waals surface area contributed by atoms with E-state index in [0.717, 1.165) is 11.3 Å². The van der Waals surface area contributed by atoms with E-state index >= 15 is 0 Å². The van der Waals surface area contributed by atoms with Gasteiger partial charge in [-0.25, -0.2) is 0 Å². The highest BCUT2D eigenvalue weighted by molar-refractivity contribution is 7.71. The fraction of sp³-hybridized carbons (Fsp3) is 0.286. The number of rotatable bonds is 2. The van der Waals surface area contributed by atoms with Crippen LogP contribution >= 0.6 is 12.2 Å². The van der Waals surface area contributed by atoms with Crippen molar-refractivity contribution in [2.45, 2.75) is 27.2 Å². The van der Waals surface area contributed by atoms with Gasteiger partial charge in [0.05, 0.1) is 0 Å². The van der Waals surface area contributed by atoms with Crippen LogP contribution in [0.2, 0.25) is 0 Å². The molecule has 18 heavy (non-hydrogen) atoms. The normalized spacial score (nSPS) is 10.6. The standard InChI is InChI=1S/C14H16N2OS/c1-8-4-5-9(2)11(6-8)7-12-10(3)15-14(18)16-13(12)17/h4-6H,7H2,1-3H3,(H2,15,16,17,18). The first-order chi connectivity index (χ1) is 8.47. The molecule has 0 bridgehead atoms. The van der Waals surface area contributed by atoms with Crippen LogP contribution in [-0.4, -0.2) is 9.97 Å². The lowest BCUT2D eigenvalue weighted by Crippen LogP contribution is -2.17. The molecule has 94 valence electrons. The molecule has 0 radical (unpaired) electrons. The Balaban J connectivity index is 2.49. The second-order valence-corrected chi connectivity index (χ2v) is 5.03. The van der Waals surface area contributed by atoms with Gasteiger partial charge in [0.25, 0.3) is 5.56 Å². The maximum atomic E-state index is 11.9. The van der Waals surface area contributed by atoms with E-state index in [4.69, 9.17) is 12.2 Å². The van der Waals surface area contributed by atoms with Crippen molar-refractivity contribution in [1.29, 1.82) is 0 Å². The van der Waals surface area contributed by atoms with Gasteiger partial charge in [-0.15, -0.1) is 0 Å². The number of hydrogen-bond donors (Lipinski definition) is 2. The van der Waals surface area contributed by atoms with E-state index in [1.54, 1.807) is 0 Å². The van der Waals surface area contributed by atoms with E-state index in [1.165, 1.54) is 16.7 Å². The Hall–Kier alpha value is -1.68. The number of benzene rings is 1. The van der Waals surface area contributed by atoms with Gasteiger partial charge in [-0.2, -0.15) is 0 Å². The van der Waals surface area contributed by atoms with E-state index in [2.05, 4.69) is 42.0 Å². The van der Waals surface area contributed by atoms with Crippen molar-refractivity contribution in [3.63, 3.8) is 0 Å². The second-order valence-electron chi connectivity index (χ2n) is 4.62. The van der Waals surface area contributed by atoms with E-state index in [9.17, 15) is 4.79 Å². The Labute approximate surface area is 111 Å². The second kappa shape index (κ2) is 4.90. The first-order valence-electron chi connectivity index (χ1n) is 5.85. The Morgan fingerprint density at radius 2 is 1.89 bits per heavy atom. The molecule has 1 aromatic heterocycles. The number of nitrogens with one attached hydrogen (secondary N) is 2. The SMILES string of the molecule is Cc1ccc(C)c(Cc2c(C)[nH]c(=S)[nH]c2=O)c1. The summed E-state index contributed by atoms with van der Waals surface area (Å²) < 4.78 is 0.377. The van der Waals surface area contributed by atoms with Gasteiger partial charge < -0.3 is 4.98 Å². The molecule has 2 rings (SSSR count). The lowest BCUT2D eigenvalue weighted by atomic mass is 9.99. The zero-order valence-electron chi connectivity index (χ0n) is 10.8. The third kappa shape index (κ3) is 2.59. The predicted molar refractivity (Wildman–Crippen MR) is 75.7 cm³/mol. The zero-order chi connectivity index (χ0) is 13.3. The molecule has 1 aromatic carbocycles. The van der Waals surface area contributed by atoms with Gasteiger partial charge in [-0.05, 0) is 44.1 Å². The van der Waals surface area contributed by atoms with Crippen molar-refractivity contribution in [2.75, 3.05) is 0 Å². The molecule has 0 saturated heterocycles. The first-order valence-corrected chi connectivity index (χ1v) is 6.26. The van der Waals surface area contributed by atoms with Crippen molar-refractivity contribution >= 4 is 12.2 Å². The van der Waals surface area contributed by atoms with Gasteiger partial charge in [0.1, 0.15) is 0 Å². The Bertz CT molecular complexity index is 698. The van der Waals surface area contributed by atoms with Crippen LogP contribution in [0.25, 0.3) is 0 Å². The summed E-state index contributed by atoms with van der Waals surface area (Å²) in [5.41, 5.74) is 5.06. The molecule has 0 aliphatic heterocycles. The van der Waals surface area contributed by atoms with Gasteiger partial charge in [0, 0.05) is 17.7 Å². The molecule has 0 spiro atoms. The van der Waals surface area contributed by atoms with Crippen LogP contribution in [0.15, 0.2) is 23.0 Å². The minimum Gasteiger partial charge on any atom is -0.336 e. The van der Waals surface area contributed by atoms with Gasteiger partial charge in [-0.3, -0.25) is 9.78 Å². The molecule has 2 N–H and O–H groups in total. The van der Waals surface area contributed by atoms with E-state index in [-0.39, 0.29) is 5.56 Å². The highest BCUT2D eigenvalue weighted by Crippen LogP contribution is 2.15. The minimum absolute atomic E-state index is 0.0999. The third-order valence-electron chi connectivity index (χ3n) is 3.13. The topological polar surface area (TPSA) is 48.6 Å². The average molecular weight is 260 g/mol. The molecular weight excluding hydrogens is 244 g/mol. The molecule has 0 amide bonds. The molecule has 0 unspecified atom stereocenters. The zero-order valence-corrected chi connectivity index (χ0v) is 11.6. The summed E-state index contributed by atoms with van der Waals surface area (Å²) in [5.74, 6) is 0. The van der Waals surface area contributed by atoms with Gasteiger partial charge in [-0.1, -0.05) is 23.8 Å². The molecule has 0 fully saturated rings. The predicted octanol–water partition coefficient (Wildman–Crippen LogP) is 2.95. The summed E-state index contributed by atoms with van der Waals surface area (Å²) >= 11 is 4.95. The van der Waals surface area contributed by atoms with Crippen LogP contribution in [0.1, 0.15) is 27.9 Å². The van der Waals surface area contributed by atoms with Crippen LogP contribution in [0.3, 0.4) is 0 Å². The number of aromatic nitrogens is 2. The van der Waals surface area contributed by atoms with Crippen molar-refractivity contribution < 1.29 is 0 Å². The van der Waals surface area contributed by atoms with Crippen LogP contribution < -0.4 is 5.56 Å². The van der Waals surface area contributed by atoms with Crippen molar-refractivity contribution in [3.05, 3.63) is 61.3 Å². The smallest absolute Gasteiger partial charge is 0.255 e. The molecule has 0 aliphatic carbocycles. The number of H-pyrrole nitrogens is 2. The molecule has 4 heteroatoms. The van der Waals surface area contributed by atoms with Crippen LogP contribution in [0, 0.1) is 25.5 Å². The Morgan fingerprint density at radius 1 is 1.17 bits per heavy atom. The average Bonchev–Trinajstić information content (AvgIpc) is 2.28. The van der Waals surface area contributed by atoms with Crippen LogP contribution in [-0.2, 0) is 6.42 Å². The van der Waals surface area contributed by atoms with Crippen molar-refractivity contribution in [2.24, 2.45) is 0 Å². The van der Waals surface area contributed by atoms with Crippen molar-refractivity contribution in [3.8, 4) is 0 Å². The Morgan fingerprint density at radius 3 is 2.56 bits per heavy atom. The lowest BCUT2D eigenvalue weighted by Gasteiger charge is -2.08. The summed E-state index contributed by atoms with van der Waals surface area (Å²) in [7, 11) is 0. The number of aromatic amines is 2. The maximum Gasteiger partial charge on any atom is 0.255 e. The highest BCUT2D eigenvalue weighted by Gasteiger charge is 2.08. The van der Waals surface area contributed by atoms with Gasteiger partial charge in [0.15, 0.2) is 4.77 Å². The third-order valence-corrected chi connectivity index (χ3v) is 3.33. The van der Waals surface area contributed by atoms with Gasteiger partial charge in [0.2, 0.25) is 0 Å². The molecule has 2 aromatic rings. The fourth-order valence-corrected chi connectivity index (χ4v) is 2.27. The number of aryl methyl sites for hydroxylation is 3. The van der Waals surface area contributed by atoms with E-state index in [1.807, 2.05) is 6.92 Å². The first kappa shape index (κ1) is 12.8. The van der Waals surface area contributed by atoms with Gasteiger partial charge >= 0.3 is 0 Å². The molecule has 0 atom stereocenters. The van der Waals surface area contributed by atoms with E-state index < -0.39 is 0 Å². The molecule has 3 nitrogen and oxygen atoms in total. The molecular formula is C14H16N2OS. The minimum atomic E-state index is -0.0999. The fourth-order valence-electron chi connectivity index (χ4n) is 2.02. The lowest BCUT2D eigenvalue weighted by molar-refractivity contribution is 0.958.